The molecule has 1 aromatic heterocycles. The van der Waals surface area contributed by atoms with Crippen molar-refractivity contribution in [2.45, 2.75) is 6.54 Å². The van der Waals surface area contributed by atoms with Gasteiger partial charge in [-0.3, -0.25) is 9.59 Å². The third-order valence-electron chi connectivity index (χ3n) is 5.46. The van der Waals surface area contributed by atoms with E-state index in [4.69, 9.17) is 5.26 Å². The van der Waals surface area contributed by atoms with Crippen LogP contribution in [0.15, 0.2) is 84.6 Å². The van der Waals surface area contributed by atoms with Gasteiger partial charge in [0, 0.05) is 40.3 Å². The maximum Gasteiger partial charge on any atom is 0.197 e. The van der Waals surface area contributed by atoms with Crippen molar-refractivity contribution in [1.82, 2.24) is 4.57 Å². The number of para-hydroxylation sites is 1. The normalized spacial score (nSPS) is 12.8. The predicted molar refractivity (Wildman–Crippen MR) is 115 cm³/mol. The van der Waals surface area contributed by atoms with E-state index in [-0.39, 0.29) is 17.1 Å². The van der Waals surface area contributed by atoms with Gasteiger partial charge in [-0.1, -0.05) is 54.6 Å². The molecule has 0 saturated heterocycles. The van der Waals surface area contributed by atoms with Crippen molar-refractivity contribution in [2.24, 2.45) is 0 Å². The molecule has 0 radical (unpaired) electrons. The lowest BCUT2D eigenvalue weighted by Gasteiger charge is -2.05. The van der Waals surface area contributed by atoms with Crippen molar-refractivity contribution in [2.75, 3.05) is 0 Å². The first-order valence-corrected chi connectivity index (χ1v) is 9.63. The average Bonchev–Trinajstić information content (AvgIpc) is 3.25. The summed E-state index contributed by atoms with van der Waals surface area (Å²) in [6.07, 6.45) is 3.68. The van der Waals surface area contributed by atoms with Crippen LogP contribution in [-0.2, 0) is 6.54 Å². The van der Waals surface area contributed by atoms with Gasteiger partial charge in [0.2, 0.25) is 0 Å². The van der Waals surface area contributed by atoms with E-state index in [0.29, 0.717) is 23.2 Å². The number of hydrogen-bond acceptors (Lipinski definition) is 3. The van der Waals surface area contributed by atoms with Crippen molar-refractivity contribution >= 4 is 28.5 Å². The Labute approximate surface area is 173 Å². The van der Waals surface area contributed by atoms with E-state index in [1.165, 1.54) is 0 Å². The second-order valence-corrected chi connectivity index (χ2v) is 7.30. The Kier molecular flexibility index (Phi) is 4.15. The summed E-state index contributed by atoms with van der Waals surface area (Å²) in [6.45, 7) is 0.623. The molecule has 1 aliphatic carbocycles. The molecule has 4 aromatic rings. The van der Waals surface area contributed by atoms with Crippen LogP contribution in [0.1, 0.15) is 37.4 Å². The van der Waals surface area contributed by atoms with E-state index in [1.54, 1.807) is 42.5 Å². The molecule has 142 valence electrons. The highest BCUT2D eigenvalue weighted by atomic mass is 16.2. The Balaban J connectivity index is 1.58. The van der Waals surface area contributed by atoms with Crippen LogP contribution in [0.2, 0.25) is 0 Å². The van der Waals surface area contributed by atoms with Gasteiger partial charge in [0.25, 0.3) is 0 Å². The third-order valence-corrected chi connectivity index (χ3v) is 5.46. The fourth-order valence-electron chi connectivity index (χ4n) is 3.96. The smallest absolute Gasteiger partial charge is 0.197 e. The van der Waals surface area contributed by atoms with Crippen LogP contribution >= 0.6 is 0 Å². The van der Waals surface area contributed by atoms with Gasteiger partial charge in [-0.2, -0.15) is 5.26 Å². The number of nitriles is 1. The van der Waals surface area contributed by atoms with E-state index in [1.807, 2.05) is 42.6 Å². The number of fused-ring (bicyclic) bond motifs is 2. The second kappa shape index (κ2) is 6.98. The van der Waals surface area contributed by atoms with Gasteiger partial charge in [0.15, 0.2) is 11.6 Å². The van der Waals surface area contributed by atoms with Crippen LogP contribution in [0.4, 0.5) is 0 Å². The zero-order chi connectivity index (χ0) is 20.7. The maximum atomic E-state index is 12.8. The summed E-state index contributed by atoms with van der Waals surface area (Å²) in [7, 11) is 0. The van der Waals surface area contributed by atoms with Gasteiger partial charge in [-0.05, 0) is 29.8 Å². The molecule has 0 unspecified atom stereocenters. The summed E-state index contributed by atoms with van der Waals surface area (Å²) in [4.78, 5) is 25.6. The standard InChI is InChI=1S/C26H16N2O2/c27-14-17-9-11-18(12-10-17)15-28-16-19(20-5-3-4-8-24(20)28)13-23-25(29)21-6-1-2-7-22(21)26(23)30/h1-13,16H,15H2. The first-order chi connectivity index (χ1) is 14.7. The minimum atomic E-state index is -0.223. The zero-order valence-electron chi connectivity index (χ0n) is 16.0. The second-order valence-electron chi connectivity index (χ2n) is 7.30. The number of aromatic nitrogens is 1. The van der Waals surface area contributed by atoms with Crippen LogP contribution in [0, 0.1) is 11.3 Å². The Hall–Kier alpha value is -4.23. The molecule has 1 heterocycles. The number of Topliss-reactive ketones (excluding diaryl/α,β-unsaturated/α-hetero) is 2. The Morgan fingerprint density at radius 1 is 0.833 bits per heavy atom. The molecule has 1 aliphatic rings. The molecular formula is C26H16N2O2. The van der Waals surface area contributed by atoms with Crippen molar-refractivity contribution in [3.8, 4) is 6.07 Å². The molecule has 0 fully saturated rings. The summed E-state index contributed by atoms with van der Waals surface area (Å²) < 4.78 is 2.10. The lowest BCUT2D eigenvalue weighted by Crippen LogP contribution is -2.00. The molecule has 3 aromatic carbocycles. The number of rotatable bonds is 3. The van der Waals surface area contributed by atoms with Gasteiger partial charge >= 0.3 is 0 Å². The molecule has 5 rings (SSSR count). The van der Waals surface area contributed by atoms with Crippen LogP contribution in [0.25, 0.3) is 17.0 Å². The largest absolute Gasteiger partial charge is 0.342 e. The van der Waals surface area contributed by atoms with Gasteiger partial charge in [0.1, 0.15) is 0 Å². The Morgan fingerprint density at radius 2 is 1.47 bits per heavy atom. The molecule has 0 aliphatic heterocycles. The number of allylic oxidation sites excluding steroid dienone is 1. The van der Waals surface area contributed by atoms with E-state index >= 15 is 0 Å². The van der Waals surface area contributed by atoms with Gasteiger partial charge in [0.05, 0.1) is 17.2 Å². The number of hydrogen-bond donors (Lipinski definition) is 0. The maximum absolute atomic E-state index is 12.8. The summed E-state index contributed by atoms with van der Waals surface area (Å²) in [5.41, 5.74) is 4.68. The molecule has 4 nitrogen and oxygen atoms in total. The molecule has 0 amide bonds. The van der Waals surface area contributed by atoms with E-state index in [9.17, 15) is 9.59 Å². The number of nitrogens with zero attached hydrogens (tertiary/aromatic N) is 2. The summed E-state index contributed by atoms with van der Waals surface area (Å²) in [5.74, 6) is -0.445. The summed E-state index contributed by atoms with van der Waals surface area (Å²) >= 11 is 0. The van der Waals surface area contributed by atoms with Crippen molar-refractivity contribution in [3.63, 3.8) is 0 Å². The molecule has 0 saturated carbocycles. The minimum absolute atomic E-state index is 0.206. The predicted octanol–water partition coefficient (Wildman–Crippen LogP) is 5.02. The highest BCUT2D eigenvalue weighted by Gasteiger charge is 2.32. The molecule has 0 atom stereocenters. The molecule has 0 bridgehead atoms. The molecule has 4 heteroatoms. The van der Waals surface area contributed by atoms with Gasteiger partial charge < -0.3 is 4.57 Å². The summed E-state index contributed by atoms with van der Waals surface area (Å²) in [6, 6.07) is 24.5. The number of carbonyl (C=O) groups is 2. The van der Waals surface area contributed by atoms with Crippen LogP contribution in [-0.4, -0.2) is 16.1 Å². The third kappa shape index (κ3) is 2.85. The van der Waals surface area contributed by atoms with Crippen molar-refractivity contribution < 1.29 is 9.59 Å². The van der Waals surface area contributed by atoms with Crippen LogP contribution in [0.5, 0.6) is 0 Å². The van der Waals surface area contributed by atoms with E-state index in [0.717, 1.165) is 22.0 Å². The first-order valence-electron chi connectivity index (χ1n) is 9.63. The van der Waals surface area contributed by atoms with E-state index < -0.39 is 0 Å². The van der Waals surface area contributed by atoms with Gasteiger partial charge in [-0.15, -0.1) is 0 Å². The molecule has 0 spiro atoms. The zero-order valence-corrected chi connectivity index (χ0v) is 16.0. The van der Waals surface area contributed by atoms with Crippen molar-refractivity contribution in [3.05, 3.63) is 112 Å². The molecular weight excluding hydrogens is 372 g/mol. The number of benzene rings is 3. The van der Waals surface area contributed by atoms with Crippen LogP contribution < -0.4 is 0 Å². The topological polar surface area (TPSA) is 62.9 Å². The average molecular weight is 388 g/mol. The fraction of sp³-hybridized carbons (Fsp3) is 0.0385. The van der Waals surface area contributed by atoms with Gasteiger partial charge in [-0.25, -0.2) is 0 Å². The summed E-state index contributed by atoms with van der Waals surface area (Å²) in [5, 5.41) is 9.97. The quantitative estimate of drug-likeness (QED) is 0.365. The lowest BCUT2D eigenvalue weighted by molar-refractivity contribution is 0.0990. The minimum Gasteiger partial charge on any atom is -0.342 e. The number of ketones is 2. The highest BCUT2D eigenvalue weighted by Crippen LogP contribution is 2.30. The molecule has 0 N–H and O–H groups in total. The fourth-order valence-corrected chi connectivity index (χ4v) is 3.96. The van der Waals surface area contributed by atoms with Crippen molar-refractivity contribution in [1.29, 1.82) is 5.26 Å². The number of carbonyl (C=O) groups excluding carboxylic acids is 2. The monoisotopic (exact) mass is 388 g/mol. The molecule has 30 heavy (non-hydrogen) atoms. The first kappa shape index (κ1) is 17.8. The Morgan fingerprint density at radius 3 is 2.13 bits per heavy atom. The Bertz CT molecular complexity index is 1360. The SMILES string of the molecule is N#Cc1ccc(Cn2cc(C=C3C(=O)c4ccccc4C3=O)c3ccccc32)cc1. The highest BCUT2D eigenvalue weighted by molar-refractivity contribution is 6.41. The van der Waals surface area contributed by atoms with Crippen LogP contribution in [0.3, 0.4) is 0 Å². The lowest BCUT2D eigenvalue weighted by atomic mass is 10.1. The van der Waals surface area contributed by atoms with E-state index in [2.05, 4.69) is 10.6 Å².